The highest BCUT2D eigenvalue weighted by atomic mass is 16.5. The lowest BCUT2D eigenvalue weighted by Crippen LogP contribution is -2.48. The second-order valence-electron chi connectivity index (χ2n) is 5.81. The van der Waals surface area contributed by atoms with Crippen molar-refractivity contribution in [1.29, 1.82) is 0 Å². The molecule has 0 aromatic carbocycles. The highest BCUT2D eigenvalue weighted by Crippen LogP contribution is 2.25. The van der Waals surface area contributed by atoms with E-state index in [1.165, 1.54) is 45.2 Å². The van der Waals surface area contributed by atoms with Crippen molar-refractivity contribution < 1.29 is 4.74 Å². The summed E-state index contributed by atoms with van der Waals surface area (Å²) in [4.78, 5) is 2.71. The monoisotopic (exact) mass is 254 g/mol. The lowest BCUT2D eigenvalue weighted by atomic mass is 9.97. The molecule has 1 saturated heterocycles. The molecule has 0 aromatic heterocycles. The third-order valence-electron chi connectivity index (χ3n) is 4.68. The van der Waals surface area contributed by atoms with Gasteiger partial charge < -0.3 is 10.1 Å². The third-order valence-corrected chi connectivity index (χ3v) is 4.68. The van der Waals surface area contributed by atoms with Crippen LogP contribution in [0, 0.1) is 5.92 Å². The first-order chi connectivity index (χ1) is 8.85. The van der Waals surface area contributed by atoms with Gasteiger partial charge in [-0.05, 0) is 32.4 Å². The molecular weight excluding hydrogens is 224 g/mol. The molecule has 2 unspecified atom stereocenters. The fraction of sp³-hybridized carbons (Fsp3) is 1.00. The van der Waals surface area contributed by atoms with E-state index >= 15 is 0 Å². The van der Waals surface area contributed by atoms with Crippen LogP contribution < -0.4 is 5.32 Å². The molecule has 3 heteroatoms. The Kier molecular flexibility index (Phi) is 5.93. The van der Waals surface area contributed by atoms with Crippen LogP contribution in [-0.2, 0) is 4.74 Å². The topological polar surface area (TPSA) is 24.5 Å². The summed E-state index contributed by atoms with van der Waals surface area (Å²) in [5.41, 5.74) is 0. The summed E-state index contributed by atoms with van der Waals surface area (Å²) in [6.07, 6.45) is 6.92. The van der Waals surface area contributed by atoms with Crippen LogP contribution in [0.15, 0.2) is 0 Å². The van der Waals surface area contributed by atoms with Gasteiger partial charge in [-0.25, -0.2) is 0 Å². The zero-order chi connectivity index (χ0) is 12.8. The molecule has 1 aliphatic heterocycles. The van der Waals surface area contributed by atoms with Crippen molar-refractivity contribution in [2.75, 3.05) is 32.8 Å². The summed E-state index contributed by atoms with van der Waals surface area (Å²) in [6, 6.07) is 1.47. The Labute approximate surface area is 112 Å². The second-order valence-corrected chi connectivity index (χ2v) is 5.81. The lowest BCUT2D eigenvalue weighted by molar-refractivity contribution is 0.144. The van der Waals surface area contributed by atoms with Gasteiger partial charge in [-0.15, -0.1) is 0 Å². The van der Waals surface area contributed by atoms with Crippen molar-refractivity contribution in [2.24, 2.45) is 5.92 Å². The Morgan fingerprint density at radius 1 is 1.22 bits per heavy atom. The molecule has 0 aromatic rings. The van der Waals surface area contributed by atoms with Crippen molar-refractivity contribution in [3.8, 4) is 0 Å². The van der Waals surface area contributed by atoms with Crippen LogP contribution in [0.5, 0.6) is 0 Å². The normalized spacial score (nSPS) is 27.2. The zero-order valence-corrected chi connectivity index (χ0v) is 12.2. The van der Waals surface area contributed by atoms with Gasteiger partial charge in [-0.1, -0.05) is 26.7 Å². The van der Waals surface area contributed by atoms with E-state index < -0.39 is 0 Å². The SMILES string of the molecule is CCNC(CN(CC)C1CCCC1)C1CCOC1. The number of nitrogens with one attached hydrogen (secondary N) is 1. The Hall–Kier alpha value is -0.120. The number of rotatable bonds is 7. The van der Waals surface area contributed by atoms with Gasteiger partial charge in [0.2, 0.25) is 0 Å². The molecule has 2 rings (SSSR count). The maximum atomic E-state index is 5.57. The molecule has 1 N–H and O–H groups in total. The van der Waals surface area contributed by atoms with E-state index in [2.05, 4.69) is 24.1 Å². The first-order valence-corrected chi connectivity index (χ1v) is 7.90. The van der Waals surface area contributed by atoms with Gasteiger partial charge in [0.05, 0.1) is 6.61 Å². The van der Waals surface area contributed by atoms with E-state index in [0.29, 0.717) is 6.04 Å². The molecule has 1 saturated carbocycles. The fourth-order valence-electron chi connectivity index (χ4n) is 3.57. The van der Waals surface area contributed by atoms with E-state index in [0.717, 1.165) is 31.7 Å². The van der Waals surface area contributed by atoms with Gasteiger partial charge in [-0.2, -0.15) is 0 Å². The Balaban J connectivity index is 1.88. The Bertz CT molecular complexity index is 223. The molecule has 18 heavy (non-hydrogen) atoms. The van der Waals surface area contributed by atoms with Crippen LogP contribution in [0.3, 0.4) is 0 Å². The number of likely N-dealkylation sites (N-methyl/N-ethyl adjacent to an activating group) is 2. The van der Waals surface area contributed by atoms with E-state index in [1.54, 1.807) is 0 Å². The van der Waals surface area contributed by atoms with E-state index in [-0.39, 0.29) is 0 Å². The highest BCUT2D eigenvalue weighted by molar-refractivity contribution is 4.85. The fourth-order valence-corrected chi connectivity index (χ4v) is 3.57. The van der Waals surface area contributed by atoms with E-state index in [1.807, 2.05) is 0 Å². The summed E-state index contributed by atoms with van der Waals surface area (Å²) < 4.78 is 5.57. The van der Waals surface area contributed by atoms with Crippen molar-refractivity contribution in [3.63, 3.8) is 0 Å². The summed E-state index contributed by atoms with van der Waals surface area (Å²) in [7, 11) is 0. The van der Waals surface area contributed by atoms with Crippen LogP contribution in [0.4, 0.5) is 0 Å². The minimum atomic E-state index is 0.623. The maximum absolute atomic E-state index is 5.57. The lowest BCUT2D eigenvalue weighted by Gasteiger charge is -2.34. The van der Waals surface area contributed by atoms with Crippen molar-refractivity contribution in [3.05, 3.63) is 0 Å². The van der Waals surface area contributed by atoms with Gasteiger partial charge >= 0.3 is 0 Å². The molecule has 2 atom stereocenters. The van der Waals surface area contributed by atoms with Crippen LogP contribution in [0.2, 0.25) is 0 Å². The standard InChI is InChI=1S/C15H30N2O/c1-3-16-15(13-9-10-18-12-13)11-17(4-2)14-7-5-6-8-14/h13-16H,3-12H2,1-2H3. The molecule has 106 valence electrons. The van der Waals surface area contributed by atoms with Crippen LogP contribution in [0.1, 0.15) is 46.0 Å². The highest BCUT2D eigenvalue weighted by Gasteiger charge is 2.29. The molecule has 3 nitrogen and oxygen atoms in total. The minimum Gasteiger partial charge on any atom is -0.381 e. The van der Waals surface area contributed by atoms with E-state index in [9.17, 15) is 0 Å². The number of ether oxygens (including phenoxy) is 1. The summed E-state index contributed by atoms with van der Waals surface area (Å²) in [6.45, 7) is 9.93. The predicted octanol–water partition coefficient (Wildman–Crippen LogP) is 2.27. The zero-order valence-electron chi connectivity index (χ0n) is 12.2. The molecule has 1 heterocycles. The number of hydrogen-bond donors (Lipinski definition) is 1. The van der Waals surface area contributed by atoms with Crippen LogP contribution in [-0.4, -0.2) is 49.8 Å². The average Bonchev–Trinajstić information content (AvgIpc) is 3.06. The molecule has 2 fully saturated rings. The molecular formula is C15H30N2O. The first-order valence-electron chi connectivity index (χ1n) is 7.90. The van der Waals surface area contributed by atoms with Gasteiger partial charge in [-0.3, -0.25) is 4.90 Å². The molecule has 0 amide bonds. The van der Waals surface area contributed by atoms with Gasteiger partial charge in [0.15, 0.2) is 0 Å². The smallest absolute Gasteiger partial charge is 0.0510 e. The molecule has 2 aliphatic rings. The maximum Gasteiger partial charge on any atom is 0.0510 e. The summed E-state index contributed by atoms with van der Waals surface area (Å²) >= 11 is 0. The Morgan fingerprint density at radius 2 is 2.00 bits per heavy atom. The molecule has 0 radical (unpaired) electrons. The first kappa shape index (κ1) is 14.3. The van der Waals surface area contributed by atoms with Crippen molar-refractivity contribution in [2.45, 2.75) is 58.0 Å². The summed E-state index contributed by atoms with van der Waals surface area (Å²) in [5, 5.41) is 3.69. The largest absolute Gasteiger partial charge is 0.381 e. The quantitative estimate of drug-likeness (QED) is 0.754. The molecule has 1 aliphatic carbocycles. The average molecular weight is 254 g/mol. The summed E-state index contributed by atoms with van der Waals surface area (Å²) in [5.74, 6) is 0.723. The second kappa shape index (κ2) is 7.46. The van der Waals surface area contributed by atoms with Crippen molar-refractivity contribution in [1.82, 2.24) is 10.2 Å². The molecule has 0 bridgehead atoms. The number of hydrogen-bond acceptors (Lipinski definition) is 3. The predicted molar refractivity (Wildman–Crippen MR) is 75.9 cm³/mol. The minimum absolute atomic E-state index is 0.623. The third kappa shape index (κ3) is 3.69. The number of nitrogens with zero attached hydrogens (tertiary/aromatic N) is 1. The van der Waals surface area contributed by atoms with Gasteiger partial charge in [0.25, 0.3) is 0 Å². The van der Waals surface area contributed by atoms with E-state index in [4.69, 9.17) is 4.74 Å². The van der Waals surface area contributed by atoms with Crippen LogP contribution in [0.25, 0.3) is 0 Å². The van der Waals surface area contributed by atoms with Gasteiger partial charge in [0.1, 0.15) is 0 Å². The van der Waals surface area contributed by atoms with Gasteiger partial charge in [0, 0.05) is 31.2 Å². The molecule has 0 spiro atoms. The van der Waals surface area contributed by atoms with Crippen LogP contribution >= 0.6 is 0 Å². The van der Waals surface area contributed by atoms with Crippen molar-refractivity contribution >= 4 is 0 Å². The Morgan fingerprint density at radius 3 is 2.56 bits per heavy atom.